The van der Waals surface area contributed by atoms with E-state index in [9.17, 15) is 25.5 Å². The van der Waals surface area contributed by atoms with E-state index in [0.29, 0.717) is 55.0 Å². The molecule has 3 heterocycles. The van der Waals surface area contributed by atoms with Crippen LogP contribution < -0.4 is 15.8 Å². The van der Waals surface area contributed by atoms with Crippen LogP contribution in [-0.2, 0) is 6.42 Å². The van der Waals surface area contributed by atoms with Crippen LogP contribution in [0.1, 0.15) is 62.6 Å². The van der Waals surface area contributed by atoms with E-state index in [1.807, 2.05) is 24.4 Å². The second-order valence-corrected chi connectivity index (χ2v) is 19.5. The van der Waals surface area contributed by atoms with Crippen molar-refractivity contribution in [3.05, 3.63) is 95.1 Å². The van der Waals surface area contributed by atoms with Crippen LogP contribution in [0, 0.1) is 58.7 Å². The number of hydrogen-bond donors (Lipinski definition) is 8. The standard InChI is InChI=1S/C45H57N3O6S2/c1-2-45-13-11-27-6-7-28(19-38(51)41(27)43(53)31-16-26(22-45)5-9-33(45)17-31)29-8-10-37(50)39(20-29)54-40-21-30(18-34-4-3-14-47-34)35-12-15-48-44(46)36(35)25-56-55-24-32(23-49)42(40)52/h3-10,12,14,20,26-28,30-33,38,40-43,47-53H,2,15-19,21-25,46H2,1H3. The molecule has 0 amide bonds. The first kappa shape index (κ1) is 39.6. The fourth-order valence-corrected chi connectivity index (χ4v) is 13.0. The maximum absolute atomic E-state index is 12.0. The summed E-state index contributed by atoms with van der Waals surface area (Å²) < 4.78 is 6.72. The summed E-state index contributed by atoms with van der Waals surface area (Å²) in [5.41, 5.74) is 10.5. The van der Waals surface area contributed by atoms with Gasteiger partial charge in [0.05, 0.1) is 18.3 Å². The monoisotopic (exact) mass is 799 g/mol. The molecular weight excluding hydrogens is 743 g/mol. The fraction of sp³-hybridized carbons (Fsp3) is 0.556. The smallest absolute Gasteiger partial charge is 0.161 e. The molecule has 56 heavy (non-hydrogen) atoms. The van der Waals surface area contributed by atoms with Gasteiger partial charge < -0.3 is 46.3 Å². The number of phenols is 1. The van der Waals surface area contributed by atoms with Crippen molar-refractivity contribution in [2.45, 2.75) is 82.2 Å². The van der Waals surface area contributed by atoms with Crippen LogP contribution in [0.3, 0.4) is 0 Å². The molecule has 5 aliphatic carbocycles. The molecule has 13 unspecified atom stereocenters. The third-order valence-electron chi connectivity index (χ3n) is 13.7. The lowest BCUT2D eigenvalue weighted by Crippen LogP contribution is -2.42. The van der Waals surface area contributed by atoms with E-state index in [4.69, 9.17) is 10.5 Å². The zero-order chi connectivity index (χ0) is 39.0. The number of benzene rings is 1. The van der Waals surface area contributed by atoms with E-state index in [-0.39, 0.29) is 47.2 Å². The van der Waals surface area contributed by atoms with E-state index in [1.54, 1.807) is 27.7 Å². The van der Waals surface area contributed by atoms with Gasteiger partial charge in [-0.1, -0.05) is 76.8 Å². The van der Waals surface area contributed by atoms with Crippen molar-refractivity contribution in [1.82, 2.24) is 10.3 Å². The Bertz CT molecular complexity index is 1900. The van der Waals surface area contributed by atoms with Crippen molar-refractivity contribution in [2.75, 3.05) is 24.7 Å². The number of H-pyrrole nitrogens is 1. The molecule has 0 spiro atoms. The van der Waals surface area contributed by atoms with Crippen molar-refractivity contribution >= 4 is 21.6 Å². The molecule has 7 aliphatic rings. The average Bonchev–Trinajstić information content (AvgIpc) is 3.47. The second-order valence-electron chi connectivity index (χ2n) is 17.0. The van der Waals surface area contributed by atoms with Gasteiger partial charge in [-0.2, -0.15) is 0 Å². The van der Waals surface area contributed by atoms with Crippen LogP contribution in [0.25, 0.3) is 0 Å². The highest BCUT2D eigenvalue weighted by Gasteiger charge is 2.49. The molecule has 0 radical (unpaired) electrons. The Morgan fingerprint density at radius 2 is 1.89 bits per heavy atom. The molecule has 1 aromatic heterocycles. The first-order chi connectivity index (χ1) is 27.2. The Morgan fingerprint density at radius 1 is 1.02 bits per heavy atom. The zero-order valence-corrected chi connectivity index (χ0v) is 33.7. The Morgan fingerprint density at radius 3 is 2.70 bits per heavy atom. The molecule has 300 valence electrons. The Labute approximate surface area is 338 Å². The summed E-state index contributed by atoms with van der Waals surface area (Å²) in [6, 6.07) is 9.33. The summed E-state index contributed by atoms with van der Waals surface area (Å²) in [6.45, 7) is 2.63. The number of aliphatic hydroxyl groups excluding tert-OH is 4. The Balaban J connectivity index is 1.10. The lowest BCUT2D eigenvalue weighted by atomic mass is 9.65. The maximum atomic E-state index is 12.0. The number of phenolic OH excluding ortho intramolecular Hbond substituents is 1. The lowest BCUT2D eigenvalue weighted by Gasteiger charge is -2.37. The van der Waals surface area contributed by atoms with Crippen LogP contribution in [0.2, 0.25) is 0 Å². The minimum Gasteiger partial charge on any atom is -0.504 e. The van der Waals surface area contributed by atoms with Gasteiger partial charge in [-0.25, -0.2) is 0 Å². The van der Waals surface area contributed by atoms with Gasteiger partial charge in [0, 0.05) is 71.2 Å². The van der Waals surface area contributed by atoms with Crippen LogP contribution in [0.5, 0.6) is 11.5 Å². The predicted octanol–water partition coefficient (Wildman–Crippen LogP) is 5.79. The molecule has 1 saturated heterocycles. The maximum Gasteiger partial charge on any atom is 0.161 e. The van der Waals surface area contributed by atoms with Gasteiger partial charge in [0.25, 0.3) is 0 Å². The summed E-state index contributed by atoms with van der Waals surface area (Å²) in [5.74, 6) is 8.74. The number of aliphatic hydroxyl groups is 4. The van der Waals surface area contributed by atoms with Gasteiger partial charge in [-0.05, 0) is 104 Å². The van der Waals surface area contributed by atoms with Crippen molar-refractivity contribution in [1.29, 1.82) is 0 Å². The van der Waals surface area contributed by atoms with E-state index in [1.165, 1.54) is 0 Å². The first-order valence-corrected chi connectivity index (χ1v) is 23.0. The van der Waals surface area contributed by atoms with Crippen molar-refractivity contribution in [2.24, 2.45) is 52.6 Å². The molecule has 9 N–H and O–H groups in total. The number of ether oxygens (including phenoxy) is 1. The van der Waals surface area contributed by atoms with Gasteiger partial charge in [0.15, 0.2) is 11.5 Å². The largest absolute Gasteiger partial charge is 0.504 e. The molecule has 11 heteroatoms. The third-order valence-corrected chi connectivity index (χ3v) is 16.1. The molecule has 13 atom stereocenters. The van der Waals surface area contributed by atoms with Gasteiger partial charge in [-0.15, -0.1) is 0 Å². The number of fused-ring (bicyclic) bond motifs is 2. The van der Waals surface area contributed by atoms with Crippen LogP contribution in [0.4, 0.5) is 0 Å². The number of aromatic amines is 1. The van der Waals surface area contributed by atoms with E-state index < -0.39 is 36.3 Å². The zero-order valence-electron chi connectivity index (χ0n) is 32.1. The van der Waals surface area contributed by atoms with Gasteiger partial charge in [-0.3, -0.25) is 0 Å². The summed E-state index contributed by atoms with van der Waals surface area (Å²) in [5, 5.41) is 61.0. The van der Waals surface area contributed by atoms with E-state index >= 15 is 0 Å². The van der Waals surface area contributed by atoms with Crippen LogP contribution >= 0.6 is 21.6 Å². The number of nitrogens with one attached hydrogen (secondary N) is 2. The van der Waals surface area contributed by atoms with Crippen molar-refractivity contribution in [3.8, 4) is 23.3 Å². The predicted molar refractivity (Wildman–Crippen MR) is 223 cm³/mol. The minimum absolute atomic E-state index is 0.0507. The first-order valence-electron chi connectivity index (χ1n) is 20.5. The number of dihydropyridines is 1. The Kier molecular flexibility index (Phi) is 12.0. The number of allylic oxidation sites excluding steroid dienone is 5. The topological polar surface area (TPSA) is 164 Å². The van der Waals surface area contributed by atoms with Gasteiger partial charge in [0.2, 0.25) is 0 Å². The summed E-state index contributed by atoms with van der Waals surface area (Å²) in [6.07, 6.45) is 15.0. The Hall–Kier alpha value is -3.24. The summed E-state index contributed by atoms with van der Waals surface area (Å²) in [4.78, 5) is 3.34. The number of nitrogens with two attached hydrogens (primary N) is 1. The van der Waals surface area contributed by atoms with Crippen LogP contribution in [-0.4, -0.2) is 79.6 Å². The van der Waals surface area contributed by atoms with Gasteiger partial charge >= 0.3 is 0 Å². The SMILES string of the molecule is CCC12C#CC3C=CC(c4ccc(O)c(OC5CC(Cc6ccc[nH]6)C6=CCNC(N)=C6CSSCC(CO)C5O)c4)CC(O)C3C(O)C3CC(C=CC1C3)C2. The molecule has 9 nitrogen and oxygen atoms in total. The van der Waals surface area contributed by atoms with Crippen LogP contribution in [0.15, 0.2) is 83.9 Å². The number of rotatable bonds is 7. The molecule has 1 aromatic carbocycles. The fourth-order valence-electron chi connectivity index (χ4n) is 10.5. The molecule has 1 saturated carbocycles. The molecular formula is C45H57N3O6S2. The van der Waals surface area contributed by atoms with Gasteiger partial charge in [0.1, 0.15) is 11.9 Å². The highest BCUT2D eigenvalue weighted by molar-refractivity contribution is 8.76. The quantitative estimate of drug-likeness (QED) is 0.0977. The molecule has 9 rings (SSSR count). The van der Waals surface area contributed by atoms with Crippen molar-refractivity contribution in [3.63, 3.8) is 0 Å². The highest BCUT2D eigenvalue weighted by Crippen LogP contribution is 2.53. The average molecular weight is 800 g/mol. The molecule has 2 aliphatic heterocycles. The van der Waals surface area contributed by atoms with E-state index in [0.717, 1.165) is 48.1 Å². The summed E-state index contributed by atoms with van der Waals surface area (Å²) in [7, 11) is 3.26. The van der Waals surface area contributed by atoms with E-state index in [2.05, 4.69) is 65.5 Å². The number of aromatic hydroxyl groups is 1. The third kappa shape index (κ3) is 7.95. The number of aromatic nitrogens is 1. The second kappa shape index (κ2) is 16.9. The number of hydrogen-bond acceptors (Lipinski definition) is 10. The molecule has 2 fully saturated rings. The summed E-state index contributed by atoms with van der Waals surface area (Å²) >= 11 is 0. The van der Waals surface area contributed by atoms with Crippen molar-refractivity contribution < 1.29 is 30.3 Å². The minimum atomic E-state index is -1.02. The normalized spacial score (nSPS) is 38.2. The highest BCUT2D eigenvalue weighted by atomic mass is 33.1. The lowest BCUT2D eigenvalue weighted by molar-refractivity contribution is -0.0369. The molecule has 4 bridgehead atoms. The molecule has 2 aromatic rings.